The molecule has 1 atom stereocenters. The maximum absolute atomic E-state index is 12.4. The molecule has 0 unspecified atom stereocenters. The summed E-state index contributed by atoms with van der Waals surface area (Å²) in [5.41, 5.74) is 2.60. The Morgan fingerprint density at radius 3 is 2.71 bits per heavy atom. The Morgan fingerprint density at radius 2 is 2.06 bits per heavy atom. The van der Waals surface area contributed by atoms with E-state index in [4.69, 9.17) is 27.9 Å². The van der Waals surface area contributed by atoms with Crippen LogP contribution < -0.4 is 15.4 Å². The number of hydrogen-bond acceptors (Lipinski definition) is 5. The fourth-order valence-electron chi connectivity index (χ4n) is 3.12. The van der Waals surface area contributed by atoms with Gasteiger partial charge in [-0.3, -0.25) is 9.59 Å². The van der Waals surface area contributed by atoms with E-state index in [0.717, 1.165) is 22.9 Å². The summed E-state index contributed by atoms with van der Waals surface area (Å²) in [6.45, 7) is 1.87. The summed E-state index contributed by atoms with van der Waals surface area (Å²) >= 11 is 13.4. The summed E-state index contributed by atoms with van der Waals surface area (Å²) in [5.74, 6) is -0.440. The van der Waals surface area contributed by atoms with Crippen LogP contribution in [0.2, 0.25) is 10.0 Å². The monoisotopic (exact) mass is 475 g/mol. The second-order valence-corrected chi connectivity index (χ2v) is 8.65. The first-order valence-electron chi connectivity index (χ1n) is 9.28. The first-order valence-corrected chi connectivity index (χ1v) is 11.0. The molecular formula is C22H19Cl2N3O3S. The standard InChI is InChI=1S/C22H19Cl2N3O3S/c1-12-3-5-14(8-17(12)23)26-21(29)11-31-22-16(10-25)15(9-20(28)27-22)13-4-6-19(30-2)18(24)7-13/h3-8,15H,9,11H2,1-2H3,(H,26,29)(H,27,28)/t15-/m0/s1. The quantitative estimate of drug-likeness (QED) is 0.611. The van der Waals surface area contributed by atoms with Gasteiger partial charge in [-0.2, -0.15) is 5.26 Å². The van der Waals surface area contributed by atoms with E-state index >= 15 is 0 Å². The molecule has 1 heterocycles. The van der Waals surface area contributed by atoms with E-state index in [-0.39, 0.29) is 24.0 Å². The zero-order valence-corrected chi connectivity index (χ0v) is 19.1. The molecule has 0 saturated carbocycles. The smallest absolute Gasteiger partial charge is 0.234 e. The number of nitriles is 1. The fraction of sp³-hybridized carbons (Fsp3) is 0.227. The molecule has 0 saturated heterocycles. The maximum atomic E-state index is 12.4. The van der Waals surface area contributed by atoms with E-state index in [1.165, 1.54) is 7.11 Å². The Bertz CT molecular complexity index is 1110. The van der Waals surface area contributed by atoms with Gasteiger partial charge in [0.15, 0.2) is 0 Å². The Hall–Kier alpha value is -2.66. The minimum absolute atomic E-state index is 0.0162. The van der Waals surface area contributed by atoms with Gasteiger partial charge in [-0.25, -0.2) is 0 Å². The Morgan fingerprint density at radius 1 is 1.29 bits per heavy atom. The molecule has 1 aliphatic rings. The summed E-state index contributed by atoms with van der Waals surface area (Å²) in [6, 6.07) is 12.6. The van der Waals surface area contributed by atoms with E-state index in [1.54, 1.807) is 30.3 Å². The number of allylic oxidation sites excluding steroid dienone is 1. The van der Waals surface area contributed by atoms with Crippen LogP contribution in [0.5, 0.6) is 5.75 Å². The highest BCUT2D eigenvalue weighted by Crippen LogP contribution is 2.38. The van der Waals surface area contributed by atoms with Gasteiger partial charge < -0.3 is 15.4 Å². The third kappa shape index (κ3) is 5.53. The molecule has 0 bridgehead atoms. The van der Waals surface area contributed by atoms with Gasteiger partial charge in [0.2, 0.25) is 11.8 Å². The molecule has 31 heavy (non-hydrogen) atoms. The molecule has 0 aromatic heterocycles. The first-order chi connectivity index (χ1) is 14.8. The molecule has 0 aliphatic carbocycles. The summed E-state index contributed by atoms with van der Waals surface area (Å²) in [5, 5.41) is 16.6. The third-order valence-electron chi connectivity index (χ3n) is 4.74. The molecule has 160 valence electrons. The molecular weight excluding hydrogens is 457 g/mol. The number of thioether (sulfide) groups is 1. The van der Waals surface area contributed by atoms with Crippen LogP contribution in [0.15, 0.2) is 47.0 Å². The normalized spacial score (nSPS) is 15.8. The van der Waals surface area contributed by atoms with Crippen molar-refractivity contribution in [2.75, 3.05) is 18.2 Å². The molecule has 9 heteroatoms. The van der Waals surface area contributed by atoms with Gasteiger partial charge in [0.25, 0.3) is 0 Å². The number of nitrogens with one attached hydrogen (secondary N) is 2. The number of benzene rings is 2. The number of carbonyl (C=O) groups excluding carboxylic acids is 2. The summed E-state index contributed by atoms with van der Waals surface area (Å²) in [7, 11) is 1.51. The number of ether oxygens (including phenoxy) is 1. The van der Waals surface area contributed by atoms with Crippen LogP contribution >= 0.6 is 35.0 Å². The Labute approximate surface area is 194 Å². The predicted molar refractivity (Wildman–Crippen MR) is 123 cm³/mol. The van der Waals surface area contributed by atoms with Gasteiger partial charge in [-0.15, -0.1) is 0 Å². The molecule has 1 aliphatic heterocycles. The van der Waals surface area contributed by atoms with Crippen LogP contribution in [0.3, 0.4) is 0 Å². The van der Waals surface area contributed by atoms with Crippen molar-refractivity contribution in [1.82, 2.24) is 5.32 Å². The number of hydrogen-bond donors (Lipinski definition) is 2. The highest BCUT2D eigenvalue weighted by atomic mass is 35.5. The van der Waals surface area contributed by atoms with Crippen LogP contribution in [-0.2, 0) is 9.59 Å². The first kappa shape index (κ1) is 23.0. The van der Waals surface area contributed by atoms with Crippen LogP contribution in [0.4, 0.5) is 5.69 Å². The van der Waals surface area contributed by atoms with Crippen LogP contribution in [0, 0.1) is 18.3 Å². The van der Waals surface area contributed by atoms with Crippen molar-refractivity contribution in [3.05, 3.63) is 68.2 Å². The van der Waals surface area contributed by atoms with E-state index in [2.05, 4.69) is 16.7 Å². The zero-order valence-electron chi connectivity index (χ0n) is 16.8. The second kappa shape index (κ2) is 10.1. The van der Waals surface area contributed by atoms with Crippen molar-refractivity contribution in [2.24, 2.45) is 0 Å². The molecule has 2 amide bonds. The third-order valence-corrected chi connectivity index (χ3v) is 6.46. The van der Waals surface area contributed by atoms with Crippen molar-refractivity contribution < 1.29 is 14.3 Å². The van der Waals surface area contributed by atoms with Crippen LogP contribution in [0.1, 0.15) is 23.5 Å². The lowest BCUT2D eigenvalue weighted by molar-refractivity contribution is -0.121. The minimum atomic E-state index is -0.455. The highest BCUT2D eigenvalue weighted by molar-refractivity contribution is 8.03. The number of nitrogens with zero attached hydrogens (tertiary/aromatic N) is 1. The molecule has 0 radical (unpaired) electrons. The Kier molecular flexibility index (Phi) is 7.50. The van der Waals surface area contributed by atoms with E-state index in [0.29, 0.717) is 32.1 Å². The lowest BCUT2D eigenvalue weighted by atomic mass is 9.87. The number of aryl methyl sites for hydroxylation is 1. The van der Waals surface area contributed by atoms with Crippen molar-refractivity contribution >= 4 is 52.5 Å². The molecule has 2 N–H and O–H groups in total. The summed E-state index contributed by atoms with van der Waals surface area (Å²) in [4.78, 5) is 24.7. The average molecular weight is 476 g/mol. The topological polar surface area (TPSA) is 91.2 Å². The largest absolute Gasteiger partial charge is 0.495 e. The van der Waals surface area contributed by atoms with E-state index < -0.39 is 5.92 Å². The average Bonchev–Trinajstić information content (AvgIpc) is 2.74. The number of carbonyl (C=O) groups is 2. The maximum Gasteiger partial charge on any atom is 0.234 e. The number of methoxy groups -OCH3 is 1. The van der Waals surface area contributed by atoms with Crippen molar-refractivity contribution in [3.63, 3.8) is 0 Å². The van der Waals surface area contributed by atoms with Crippen molar-refractivity contribution in [2.45, 2.75) is 19.3 Å². The number of halogens is 2. The SMILES string of the molecule is COc1ccc([C@@H]2CC(=O)NC(SCC(=O)Nc3ccc(C)c(Cl)c3)=C2C#N)cc1Cl. The lowest BCUT2D eigenvalue weighted by Gasteiger charge is -2.25. The van der Waals surface area contributed by atoms with Gasteiger partial charge >= 0.3 is 0 Å². The number of rotatable bonds is 6. The number of amides is 2. The van der Waals surface area contributed by atoms with E-state index in [9.17, 15) is 14.9 Å². The van der Waals surface area contributed by atoms with Gasteiger partial charge in [-0.1, -0.05) is 47.1 Å². The number of anilines is 1. The van der Waals surface area contributed by atoms with Crippen LogP contribution in [-0.4, -0.2) is 24.7 Å². The molecule has 0 spiro atoms. The minimum Gasteiger partial charge on any atom is -0.495 e. The van der Waals surface area contributed by atoms with Gasteiger partial charge in [0, 0.05) is 23.0 Å². The van der Waals surface area contributed by atoms with Gasteiger partial charge in [-0.05, 0) is 42.3 Å². The second-order valence-electron chi connectivity index (χ2n) is 6.85. The molecule has 6 nitrogen and oxygen atoms in total. The van der Waals surface area contributed by atoms with Gasteiger partial charge in [0.05, 0.1) is 34.6 Å². The molecule has 2 aromatic rings. The fourth-order valence-corrected chi connectivity index (χ4v) is 4.45. The van der Waals surface area contributed by atoms with Crippen molar-refractivity contribution in [3.8, 4) is 11.8 Å². The van der Waals surface area contributed by atoms with Crippen LogP contribution in [0.25, 0.3) is 0 Å². The Balaban J connectivity index is 1.77. The predicted octanol–water partition coefficient (Wildman–Crippen LogP) is 5.02. The van der Waals surface area contributed by atoms with E-state index in [1.807, 2.05) is 13.0 Å². The molecule has 2 aromatic carbocycles. The van der Waals surface area contributed by atoms with Gasteiger partial charge in [0.1, 0.15) is 5.75 Å². The molecule has 0 fully saturated rings. The zero-order chi connectivity index (χ0) is 22.5. The molecule has 3 rings (SSSR count). The summed E-state index contributed by atoms with van der Waals surface area (Å²) in [6.07, 6.45) is 0.115. The van der Waals surface area contributed by atoms with Crippen molar-refractivity contribution in [1.29, 1.82) is 5.26 Å². The summed E-state index contributed by atoms with van der Waals surface area (Å²) < 4.78 is 5.17. The lowest BCUT2D eigenvalue weighted by Crippen LogP contribution is -2.31. The highest BCUT2D eigenvalue weighted by Gasteiger charge is 2.30.